The lowest BCUT2D eigenvalue weighted by Gasteiger charge is -2.25. The normalized spacial score (nSPS) is 17.1. The second kappa shape index (κ2) is 11.5. The fraction of sp³-hybridized carbons (Fsp3) is 0.320. The lowest BCUT2D eigenvalue weighted by molar-refractivity contribution is -0.137. The molecule has 1 atom stereocenters. The Labute approximate surface area is 224 Å². The molecular weight excluding hydrogens is 546 g/mol. The van der Waals surface area contributed by atoms with Crippen molar-refractivity contribution in [2.75, 3.05) is 25.6 Å². The van der Waals surface area contributed by atoms with E-state index >= 15 is 0 Å². The molecule has 4 rings (SSSR count). The highest BCUT2D eigenvalue weighted by Crippen LogP contribution is 2.37. The summed E-state index contributed by atoms with van der Waals surface area (Å²) in [5.74, 6) is -1.81. The lowest BCUT2D eigenvalue weighted by Crippen LogP contribution is -2.43. The summed E-state index contributed by atoms with van der Waals surface area (Å²) in [5, 5.41) is 5.33. The number of nitrogens with one attached hydrogen (secondary N) is 2. The van der Waals surface area contributed by atoms with Gasteiger partial charge in [-0.2, -0.15) is 13.2 Å². The molecule has 0 radical (unpaired) electrons. The Balaban J connectivity index is 1.43. The van der Waals surface area contributed by atoms with E-state index in [1.165, 1.54) is 31.8 Å². The summed E-state index contributed by atoms with van der Waals surface area (Å²) in [6.07, 6.45) is -0.744. The maximum Gasteiger partial charge on any atom is 0.418 e. The minimum Gasteiger partial charge on any atom is -0.467 e. The number of halogens is 5. The van der Waals surface area contributed by atoms with Gasteiger partial charge in [0.15, 0.2) is 5.78 Å². The fourth-order valence-electron chi connectivity index (χ4n) is 4.01. The van der Waals surface area contributed by atoms with Crippen molar-refractivity contribution < 1.29 is 36.6 Å². The van der Waals surface area contributed by atoms with Gasteiger partial charge in [-0.05, 0) is 30.7 Å². The van der Waals surface area contributed by atoms with Gasteiger partial charge in [-0.15, -0.1) is 0 Å². The summed E-state index contributed by atoms with van der Waals surface area (Å²) < 4.78 is 63.5. The number of rotatable bonds is 9. The van der Waals surface area contributed by atoms with Gasteiger partial charge in [-0.3, -0.25) is 14.6 Å². The summed E-state index contributed by atoms with van der Waals surface area (Å²) in [6.45, 7) is 0.219. The van der Waals surface area contributed by atoms with Crippen LogP contribution in [0.4, 0.5) is 28.9 Å². The summed E-state index contributed by atoms with van der Waals surface area (Å²) >= 11 is 6.28. The zero-order chi connectivity index (χ0) is 28.2. The molecule has 3 aromatic rings. The van der Waals surface area contributed by atoms with Gasteiger partial charge < -0.3 is 20.1 Å². The fourth-order valence-corrected chi connectivity index (χ4v) is 4.25. The molecule has 0 aliphatic carbocycles. The van der Waals surface area contributed by atoms with Crippen LogP contribution in [0.1, 0.15) is 34.5 Å². The third-order valence-electron chi connectivity index (χ3n) is 6.12. The third-order valence-corrected chi connectivity index (χ3v) is 6.44. The number of alkyl halides is 3. The van der Waals surface area contributed by atoms with Crippen molar-refractivity contribution in [3.8, 4) is 6.01 Å². The first-order valence-corrected chi connectivity index (χ1v) is 11.9. The third kappa shape index (κ3) is 6.60. The van der Waals surface area contributed by atoms with Crippen molar-refractivity contribution in [1.82, 2.24) is 20.3 Å². The van der Waals surface area contributed by atoms with Crippen LogP contribution in [0.15, 0.2) is 42.9 Å². The number of pyridine rings is 1. The first kappa shape index (κ1) is 28.2. The summed E-state index contributed by atoms with van der Waals surface area (Å²) in [4.78, 5) is 38.0. The van der Waals surface area contributed by atoms with E-state index in [1.807, 2.05) is 0 Å². The van der Waals surface area contributed by atoms with Crippen LogP contribution >= 0.6 is 11.6 Å². The van der Waals surface area contributed by atoms with Gasteiger partial charge in [0, 0.05) is 25.4 Å². The molecule has 0 bridgehead atoms. The second-order valence-corrected chi connectivity index (χ2v) is 9.20. The molecule has 1 aliphatic rings. The average molecular weight is 568 g/mol. The summed E-state index contributed by atoms with van der Waals surface area (Å²) in [6, 6.07) is 3.68. The first-order valence-electron chi connectivity index (χ1n) is 11.5. The summed E-state index contributed by atoms with van der Waals surface area (Å²) in [5.41, 5.74) is -2.10. The quantitative estimate of drug-likeness (QED) is 0.282. The lowest BCUT2D eigenvalue weighted by atomic mass is 9.80. The van der Waals surface area contributed by atoms with Crippen molar-refractivity contribution in [2.24, 2.45) is 5.41 Å². The molecule has 1 amide bonds. The number of nitrogens with zero attached hydrogens (tertiary/aromatic N) is 3. The number of carbonyl (C=O) groups excluding carboxylic acids is 2. The number of benzene rings is 1. The number of methoxy groups -OCH3 is 1. The van der Waals surface area contributed by atoms with Crippen LogP contribution in [0.5, 0.6) is 6.01 Å². The number of hydrogen-bond acceptors (Lipinski definition) is 8. The molecule has 3 heterocycles. The van der Waals surface area contributed by atoms with Crippen molar-refractivity contribution in [3.05, 3.63) is 70.5 Å². The molecule has 0 spiro atoms. The molecule has 0 unspecified atom stereocenters. The van der Waals surface area contributed by atoms with Gasteiger partial charge in [0.1, 0.15) is 5.82 Å². The molecular formula is C25H22ClF4N5O4. The number of anilines is 2. The van der Waals surface area contributed by atoms with E-state index in [4.69, 9.17) is 21.1 Å². The Morgan fingerprint density at radius 3 is 2.51 bits per heavy atom. The van der Waals surface area contributed by atoms with Crippen LogP contribution in [0, 0.1) is 11.2 Å². The molecule has 2 aromatic heterocycles. The van der Waals surface area contributed by atoms with E-state index in [-0.39, 0.29) is 59.0 Å². The zero-order valence-electron chi connectivity index (χ0n) is 20.4. The Kier molecular flexibility index (Phi) is 8.31. The number of aromatic nitrogens is 3. The largest absolute Gasteiger partial charge is 0.467 e. The topological polar surface area (TPSA) is 115 Å². The molecule has 1 saturated heterocycles. The second-order valence-electron chi connectivity index (χ2n) is 8.79. The van der Waals surface area contributed by atoms with E-state index in [9.17, 15) is 27.2 Å². The number of hydrogen-bond donors (Lipinski definition) is 2. The maximum atomic E-state index is 13.4. The highest BCUT2D eigenvalue weighted by molar-refractivity contribution is 6.31. The standard InChI is InChI=1S/C25H22ClF4N5O4/c1-38-23-33-9-14(10-34-23)21(36)8-24(4-5-39-13-24)22(37)32-12-20-18(26)7-16(11-31-20)35-19-3-2-15(27)6-17(19)25(28,29)30/h2-3,6-7,9-11,35H,4-5,8,12-13H2,1H3,(H,32,37)/t24-/m0/s1. The van der Waals surface area contributed by atoms with E-state index in [0.29, 0.717) is 19.1 Å². The molecule has 0 saturated carbocycles. The minimum absolute atomic E-state index is 0.0326. The van der Waals surface area contributed by atoms with Crippen molar-refractivity contribution >= 4 is 34.7 Å². The average Bonchev–Trinajstić information content (AvgIpc) is 3.38. The molecule has 9 nitrogen and oxygen atoms in total. The Morgan fingerprint density at radius 2 is 1.90 bits per heavy atom. The zero-order valence-corrected chi connectivity index (χ0v) is 21.2. The van der Waals surface area contributed by atoms with Crippen molar-refractivity contribution in [1.29, 1.82) is 0 Å². The predicted octanol–water partition coefficient (Wildman–Crippen LogP) is 4.73. The van der Waals surface area contributed by atoms with Gasteiger partial charge in [0.2, 0.25) is 5.91 Å². The Hall–Kier alpha value is -3.84. The predicted molar refractivity (Wildman–Crippen MR) is 131 cm³/mol. The van der Waals surface area contributed by atoms with Crippen LogP contribution in [-0.4, -0.2) is 47.0 Å². The number of Topliss-reactive ketones (excluding diaryl/α,β-unsaturated/α-hetero) is 1. The van der Waals surface area contributed by atoms with Crippen LogP contribution < -0.4 is 15.4 Å². The first-order chi connectivity index (χ1) is 18.5. The van der Waals surface area contributed by atoms with Crippen molar-refractivity contribution in [2.45, 2.75) is 25.6 Å². The summed E-state index contributed by atoms with van der Waals surface area (Å²) in [7, 11) is 1.40. The van der Waals surface area contributed by atoms with Crippen LogP contribution in [0.25, 0.3) is 0 Å². The monoisotopic (exact) mass is 567 g/mol. The van der Waals surface area contributed by atoms with E-state index in [0.717, 1.165) is 12.1 Å². The number of ether oxygens (including phenoxy) is 2. The van der Waals surface area contributed by atoms with E-state index < -0.39 is 28.9 Å². The SMILES string of the molecule is COc1ncc(C(=O)C[C@@]2(C(=O)NCc3ncc(Nc4ccc(F)cc4C(F)(F)F)cc3Cl)CCOC2)cn1. The number of carbonyl (C=O) groups is 2. The van der Waals surface area contributed by atoms with Crippen LogP contribution in [-0.2, 0) is 22.3 Å². The van der Waals surface area contributed by atoms with E-state index in [2.05, 4.69) is 25.6 Å². The van der Waals surface area contributed by atoms with Gasteiger partial charge >= 0.3 is 12.2 Å². The molecule has 1 aliphatic heterocycles. The molecule has 2 N–H and O–H groups in total. The van der Waals surface area contributed by atoms with E-state index in [1.54, 1.807) is 0 Å². The van der Waals surface area contributed by atoms with Gasteiger partial charge in [-0.1, -0.05) is 11.6 Å². The van der Waals surface area contributed by atoms with Crippen LogP contribution in [0.3, 0.4) is 0 Å². The minimum atomic E-state index is -4.78. The van der Waals surface area contributed by atoms with Gasteiger partial charge in [-0.25, -0.2) is 14.4 Å². The molecule has 206 valence electrons. The number of amides is 1. The molecule has 1 fully saturated rings. The Morgan fingerprint density at radius 1 is 1.15 bits per heavy atom. The molecule has 14 heteroatoms. The molecule has 39 heavy (non-hydrogen) atoms. The number of ketones is 1. The Bertz CT molecular complexity index is 1370. The van der Waals surface area contributed by atoms with Crippen LogP contribution in [0.2, 0.25) is 5.02 Å². The molecule has 1 aromatic carbocycles. The van der Waals surface area contributed by atoms with Gasteiger partial charge in [0.05, 0.1) is 65.1 Å². The highest BCUT2D eigenvalue weighted by atomic mass is 35.5. The van der Waals surface area contributed by atoms with Gasteiger partial charge in [0.25, 0.3) is 0 Å². The highest BCUT2D eigenvalue weighted by Gasteiger charge is 2.44. The van der Waals surface area contributed by atoms with Crippen molar-refractivity contribution in [3.63, 3.8) is 0 Å². The maximum absolute atomic E-state index is 13.4. The smallest absolute Gasteiger partial charge is 0.418 e.